The molecule has 3 nitrogen and oxygen atoms in total. The van der Waals surface area contributed by atoms with Crippen LogP contribution < -0.4 is 0 Å². The molecule has 1 aliphatic rings. The van der Waals surface area contributed by atoms with Gasteiger partial charge in [0.05, 0.1) is 22.2 Å². The Kier molecular flexibility index (Phi) is 8.66. The van der Waals surface area contributed by atoms with E-state index >= 15 is 0 Å². The number of nitrogens with zero attached hydrogens (tertiary/aromatic N) is 2. The van der Waals surface area contributed by atoms with E-state index in [2.05, 4.69) is 59.5 Å². The van der Waals surface area contributed by atoms with Crippen LogP contribution in [0.1, 0.15) is 66.3 Å². The summed E-state index contributed by atoms with van der Waals surface area (Å²) in [6.45, 7) is 11.7. The van der Waals surface area contributed by atoms with Crippen molar-refractivity contribution in [2.45, 2.75) is 50.4 Å². The van der Waals surface area contributed by atoms with Crippen molar-refractivity contribution in [2.75, 3.05) is 12.3 Å². The van der Waals surface area contributed by atoms with Crippen LogP contribution in [0.5, 0.6) is 0 Å². The number of hydrogen-bond acceptors (Lipinski definition) is 3. The van der Waals surface area contributed by atoms with Crippen molar-refractivity contribution >= 4 is 46.4 Å². The first-order chi connectivity index (χ1) is 19.2. The van der Waals surface area contributed by atoms with Gasteiger partial charge in [-0.2, -0.15) is 11.8 Å². The molecule has 1 fully saturated rings. The molecule has 0 amide bonds. The van der Waals surface area contributed by atoms with Gasteiger partial charge in [0.2, 0.25) is 6.54 Å². The minimum absolute atomic E-state index is 0.192. The van der Waals surface area contributed by atoms with Gasteiger partial charge in [-0.15, -0.1) is 0 Å². The molecule has 0 spiro atoms. The summed E-state index contributed by atoms with van der Waals surface area (Å²) in [5.41, 5.74) is 5.72. The molecule has 5 heteroatoms. The number of aryl methyl sites for hydroxylation is 1. The number of aromatic nitrogens is 1. The summed E-state index contributed by atoms with van der Waals surface area (Å²) < 4.78 is 0. The molecule has 40 heavy (non-hydrogen) atoms. The fourth-order valence-electron chi connectivity index (χ4n) is 5.18. The summed E-state index contributed by atoms with van der Waals surface area (Å²) in [5.74, 6) is 1.01. The van der Waals surface area contributed by atoms with Gasteiger partial charge in [0, 0.05) is 21.4 Å². The van der Waals surface area contributed by atoms with Crippen molar-refractivity contribution in [3.8, 4) is 0 Å². The van der Waals surface area contributed by atoms with E-state index < -0.39 is 5.60 Å². The van der Waals surface area contributed by atoms with Crippen LogP contribution >= 0.6 is 23.4 Å². The zero-order valence-corrected chi connectivity index (χ0v) is 24.7. The quantitative estimate of drug-likeness (QED) is 0.184. The van der Waals surface area contributed by atoms with Crippen LogP contribution in [0.4, 0.5) is 0 Å². The van der Waals surface area contributed by atoms with E-state index in [1.54, 1.807) is 0 Å². The van der Waals surface area contributed by atoms with Gasteiger partial charge in [0.1, 0.15) is 0 Å². The van der Waals surface area contributed by atoms with Gasteiger partial charge in [-0.05, 0) is 86.1 Å². The Hall–Kier alpha value is -3.10. The molecular formula is C35H35ClN2OS. The van der Waals surface area contributed by atoms with Crippen molar-refractivity contribution in [3.63, 3.8) is 0 Å². The third kappa shape index (κ3) is 7.15. The molecule has 5 rings (SSSR count). The van der Waals surface area contributed by atoms with Crippen LogP contribution in [0.15, 0.2) is 78.9 Å². The highest BCUT2D eigenvalue weighted by Crippen LogP contribution is 2.51. The van der Waals surface area contributed by atoms with Crippen molar-refractivity contribution < 1.29 is 5.11 Å². The Labute approximate surface area is 247 Å². The van der Waals surface area contributed by atoms with E-state index in [9.17, 15) is 5.11 Å². The number of fused-ring (bicyclic) bond motifs is 1. The fourth-order valence-corrected chi connectivity index (χ4v) is 6.91. The zero-order valence-electron chi connectivity index (χ0n) is 23.1. The first-order valence-electron chi connectivity index (χ1n) is 13.8. The first kappa shape index (κ1) is 28.4. The second kappa shape index (κ2) is 12.2. The molecule has 0 unspecified atom stereocenters. The number of rotatable bonds is 11. The molecule has 0 radical (unpaired) electrons. The van der Waals surface area contributed by atoms with E-state index in [0.29, 0.717) is 16.8 Å². The van der Waals surface area contributed by atoms with Crippen molar-refractivity contribution in [2.24, 2.45) is 5.41 Å². The van der Waals surface area contributed by atoms with E-state index in [1.807, 2.05) is 62.0 Å². The Bertz CT molecular complexity index is 1560. The second-order valence-corrected chi connectivity index (χ2v) is 13.1. The van der Waals surface area contributed by atoms with Gasteiger partial charge in [-0.3, -0.25) is 0 Å². The van der Waals surface area contributed by atoms with E-state index in [-0.39, 0.29) is 5.41 Å². The maximum Gasteiger partial charge on any atom is 0.221 e. The summed E-state index contributed by atoms with van der Waals surface area (Å²) in [4.78, 5) is 8.49. The molecular weight excluding hydrogens is 532 g/mol. The molecule has 1 N–H and O–H groups in total. The van der Waals surface area contributed by atoms with Gasteiger partial charge >= 0.3 is 0 Å². The van der Waals surface area contributed by atoms with Crippen LogP contribution in [-0.2, 0) is 12.0 Å². The van der Waals surface area contributed by atoms with E-state index in [1.165, 1.54) is 11.1 Å². The summed E-state index contributed by atoms with van der Waals surface area (Å²) in [6, 6.07) is 26.9. The van der Waals surface area contributed by atoms with Crippen LogP contribution in [0.2, 0.25) is 5.02 Å². The Morgan fingerprint density at radius 1 is 1.05 bits per heavy atom. The van der Waals surface area contributed by atoms with Crippen molar-refractivity contribution in [3.05, 3.63) is 123 Å². The lowest BCUT2D eigenvalue weighted by Gasteiger charge is -2.24. The minimum Gasteiger partial charge on any atom is -0.386 e. The average molecular weight is 567 g/mol. The zero-order chi connectivity index (χ0) is 28.2. The highest BCUT2D eigenvalue weighted by atomic mass is 35.5. The van der Waals surface area contributed by atoms with E-state index in [0.717, 1.165) is 59.2 Å². The van der Waals surface area contributed by atoms with Crippen LogP contribution in [0, 0.1) is 12.0 Å². The molecule has 1 saturated carbocycles. The Morgan fingerprint density at radius 2 is 1.85 bits per heavy atom. The number of aliphatic hydroxyl groups is 1. The fraction of sp³-hybridized carbons (Fsp3) is 0.314. The van der Waals surface area contributed by atoms with E-state index in [4.69, 9.17) is 23.2 Å². The maximum atomic E-state index is 10.7. The molecule has 0 bridgehead atoms. The lowest BCUT2D eigenvalue weighted by atomic mass is 9.90. The summed E-state index contributed by atoms with van der Waals surface area (Å²) >= 11 is 8.16. The highest BCUT2D eigenvalue weighted by Gasteiger charge is 2.46. The van der Waals surface area contributed by atoms with Gasteiger partial charge in [-0.1, -0.05) is 78.3 Å². The van der Waals surface area contributed by atoms with Gasteiger partial charge in [0.25, 0.3) is 0 Å². The van der Waals surface area contributed by atoms with Crippen LogP contribution in [0.25, 0.3) is 27.9 Å². The number of halogens is 1. The molecule has 1 aromatic heterocycles. The molecule has 4 aromatic rings. The lowest BCUT2D eigenvalue weighted by Crippen LogP contribution is -2.18. The lowest BCUT2D eigenvalue weighted by molar-refractivity contribution is 0.0776. The molecule has 1 atom stereocenters. The predicted molar refractivity (Wildman–Crippen MR) is 170 cm³/mol. The predicted octanol–water partition coefficient (Wildman–Crippen LogP) is 9.39. The third-order valence-electron chi connectivity index (χ3n) is 7.72. The summed E-state index contributed by atoms with van der Waals surface area (Å²) in [7, 11) is 0. The van der Waals surface area contributed by atoms with Gasteiger partial charge in [-0.25, -0.2) is 11.6 Å². The molecule has 0 aliphatic heterocycles. The molecule has 0 saturated heterocycles. The SMILES string of the molecule is [C-]#[N+]CC1(CS[C@H](CCc2ccccc2C(C)(C)O)c2cccc(/C=C/c3ccc4ccc(Cl)cc4n3)c2)CC1. The summed E-state index contributed by atoms with van der Waals surface area (Å²) in [6.07, 6.45) is 8.33. The Balaban J connectivity index is 1.37. The minimum atomic E-state index is -0.875. The van der Waals surface area contributed by atoms with Crippen LogP contribution in [-0.4, -0.2) is 22.4 Å². The maximum absolute atomic E-state index is 10.7. The number of hydrogen-bond donors (Lipinski definition) is 1. The molecule has 3 aromatic carbocycles. The van der Waals surface area contributed by atoms with Crippen molar-refractivity contribution in [1.29, 1.82) is 0 Å². The topological polar surface area (TPSA) is 37.5 Å². The summed E-state index contributed by atoms with van der Waals surface area (Å²) in [5, 5.41) is 12.8. The smallest absolute Gasteiger partial charge is 0.221 e. The monoisotopic (exact) mass is 566 g/mol. The normalized spacial score (nSPS) is 15.3. The molecule has 1 heterocycles. The van der Waals surface area contributed by atoms with Crippen LogP contribution in [0.3, 0.4) is 0 Å². The number of thioether (sulfide) groups is 1. The van der Waals surface area contributed by atoms with Gasteiger partial charge in [0.15, 0.2) is 0 Å². The largest absolute Gasteiger partial charge is 0.386 e. The molecule has 1 aliphatic carbocycles. The second-order valence-electron chi connectivity index (χ2n) is 11.4. The average Bonchev–Trinajstić information content (AvgIpc) is 3.71. The van der Waals surface area contributed by atoms with Crippen molar-refractivity contribution in [1.82, 2.24) is 4.98 Å². The third-order valence-corrected chi connectivity index (χ3v) is 9.64. The highest BCUT2D eigenvalue weighted by molar-refractivity contribution is 7.99. The standard InChI is InChI=1S/C35H35ClN2OS/c1-34(2,39)31-10-5-4-8-26(31)14-18-33(40-24-35(19-20-35)23-37-3)28-9-6-7-25(21-28)11-16-30-17-13-27-12-15-29(36)22-32(27)38-30/h4-13,15-17,21-22,33,39H,14,18-20,23-24H2,1-2H3/b16-11+/t33-/m1/s1. The number of benzene rings is 3. The molecule has 204 valence electrons. The number of pyridine rings is 1. The Morgan fingerprint density at radius 3 is 2.62 bits per heavy atom. The first-order valence-corrected chi connectivity index (χ1v) is 15.3. The van der Waals surface area contributed by atoms with Gasteiger partial charge < -0.3 is 9.95 Å².